The summed E-state index contributed by atoms with van der Waals surface area (Å²) in [6, 6.07) is 4.20. The van der Waals surface area contributed by atoms with Gasteiger partial charge in [0.05, 0.1) is 16.7 Å². The van der Waals surface area contributed by atoms with E-state index in [-0.39, 0.29) is 29.2 Å². The van der Waals surface area contributed by atoms with Gasteiger partial charge in [-0.3, -0.25) is 19.3 Å². The number of benzene rings is 1. The Kier molecular flexibility index (Phi) is 7.28. The summed E-state index contributed by atoms with van der Waals surface area (Å²) in [4.78, 5) is 50.3. The number of carbonyl (C=O) groups is 4. The minimum atomic E-state index is -0.970. The summed E-state index contributed by atoms with van der Waals surface area (Å²) < 4.78 is 10.1. The van der Waals surface area contributed by atoms with Crippen molar-refractivity contribution >= 4 is 23.7 Å². The molecule has 8 heteroatoms. The number of ether oxygens (including phenoxy) is 2. The number of fused-ring (bicyclic) bond motifs is 1. The molecule has 2 rings (SSSR count). The Morgan fingerprint density at radius 1 is 1.11 bits per heavy atom. The van der Waals surface area contributed by atoms with Crippen molar-refractivity contribution in [3.63, 3.8) is 0 Å². The summed E-state index contributed by atoms with van der Waals surface area (Å²) in [6.45, 7) is 6.55. The first kappa shape index (κ1) is 21.6. The van der Waals surface area contributed by atoms with Crippen molar-refractivity contribution in [3.8, 4) is 0 Å². The van der Waals surface area contributed by atoms with Gasteiger partial charge in [-0.25, -0.2) is 4.79 Å². The summed E-state index contributed by atoms with van der Waals surface area (Å²) in [5.41, 5.74) is 0.526. The second-order valence-electron chi connectivity index (χ2n) is 7.06. The summed E-state index contributed by atoms with van der Waals surface area (Å²) >= 11 is 0. The average Bonchev–Trinajstić information content (AvgIpc) is 2.90. The fourth-order valence-corrected chi connectivity index (χ4v) is 2.72. The smallest absolute Gasteiger partial charge is 0.338 e. The molecular weight excluding hydrogens is 364 g/mol. The van der Waals surface area contributed by atoms with Gasteiger partial charge in [-0.2, -0.15) is 0 Å². The van der Waals surface area contributed by atoms with E-state index in [0.717, 1.165) is 4.90 Å². The standard InChI is InChI=1S/C20H26N2O6/c1-12(2)11-21-17(23)13(3)28-20(26)14-6-7-15-16(10-14)19(25)22(18(15)24)8-5-9-27-4/h6-7,10,12-13H,5,8-9,11H2,1-4H3,(H,21,23)/t13-/m1/s1. The van der Waals surface area contributed by atoms with Crippen LogP contribution in [0.25, 0.3) is 0 Å². The molecule has 0 aliphatic carbocycles. The topological polar surface area (TPSA) is 102 Å². The molecule has 0 spiro atoms. The maximum Gasteiger partial charge on any atom is 0.338 e. The predicted octanol–water partition coefficient (Wildman–Crippen LogP) is 1.64. The number of nitrogens with zero attached hydrogens (tertiary/aromatic N) is 1. The zero-order valence-electron chi connectivity index (χ0n) is 16.6. The summed E-state index contributed by atoms with van der Waals surface area (Å²) in [5.74, 6) is -1.68. The Morgan fingerprint density at radius 3 is 2.43 bits per heavy atom. The zero-order valence-corrected chi connectivity index (χ0v) is 16.6. The molecule has 152 valence electrons. The lowest BCUT2D eigenvalue weighted by molar-refractivity contribution is -0.129. The van der Waals surface area contributed by atoms with E-state index < -0.39 is 29.8 Å². The maximum absolute atomic E-state index is 12.5. The van der Waals surface area contributed by atoms with Crippen LogP contribution in [0.4, 0.5) is 0 Å². The molecule has 0 saturated carbocycles. The molecule has 1 atom stereocenters. The Bertz CT molecular complexity index is 774. The van der Waals surface area contributed by atoms with Crippen LogP contribution in [0.15, 0.2) is 18.2 Å². The van der Waals surface area contributed by atoms with Crippen molar-refractivity contribution in [2.75, 3.05) is 26.8 Å². The highest BCUT2D eigenvalue weighted by Crippen LogP contribution is 2.24. The van der Waals surface area contributed by atoms with Gasteiger partial charge in [0.25, 0.3) is 17.7 Å². The highest BCUT2D eigenvalue weighted by molar-refractivity contribution is 6.22. The monoisotopic (exact) mass is 390 g/mol. The zero-order chi connectivity index (χ0) is 20.8. The van der Waals surface area contributed by atoms with Crippen LogP contribution in [0.1, 0.15) is 58.3 Å². The SMILES string of the molecule is COCCCN1C(=O)c2ccc(C(=O)O[C@H](C)C(=O)NCC(C)C)cc2C1=O. The van der Waals surface area contributed by atoms with E-state index in [0.29, 0.717) is 19.6 Å². The van der Waals surface area contributed by atoms with E-state index >= 15 is 0 Å². The molecule has 3 amide bonds. The van der Waals surface area contributed by atoms with Crippen LogP contribution in [-0.2, 0) is 14.3 Å². The molecule has 1 N–H and O–H groups in total. The molecule has 1 aromatic carbocycles. The van der Waals surface area contributed by atoms with Crippen LogP contribution in [0.3, 0.4) is 0 Å². The molecule has 8 nitrogen and oxygen atoms in total. The lowest BCUT2D eigenvalue weighted by atomic mass is 10.1. The molecule has 0 radical (unpaired) electrons. The van der Waals surface area contributed by atoms with Crippen LogP contribution in [-0.4, -0.2) is 61.5 Å². The highest BCUT2D eigenvalue weighted by Gasteiger charge is 2.35. The lowest BCUT2D eigenvalue weighted by Crippen LogP contribution is -2.37. The number of hydrogen-bond donors (Lipinski definition) is 1. The first-order valence-electron chi connectivity index (χ1n) is 9.24. The molecule has 1 aliphatic heterocycles. The van der Waals surface area contributed by atoms with E-state index in [1.807, 2.05) is 13.8 Å². The van der Waals surface area contributed by atoms with Crippen molar-refractivity contribution in [1.82, 2.24) is 10.2 Å². The third-order valence-corrected chi connectivity index (χ3v) is 4.27. The molecule has 0 aromatic heterocycles. The highest BCUT2D eigenvalue weighted by atomic mass is 16.5. The molecular formula is C20H26N2O6. The van der Waals surface area contributed by atoms with Crippen LogP contribution in [0, 0.1) is 5.92 Å². The van der Waals surface area contributed by atoms with E-state index in [1.165, 1.54) is 25.1 Å². The van der Waals surface area contributed by atoms with Crippen molar-refractivity contribution < 1.29 is 28.7 Å². The summed E-state index contributed by atoms with van der Waals surface area (Å²) in [7, 11) is 1.55. The molecule has 0 bridgehead atoms. The third kappa shape index (κ3) is 4.95. The van der Waals surface area contributed by atoms with E-state index in [2.05, 4.69) is 5.32 Å². The van der Waals surface area contributed by atoms with Crippen molar-refractivity contribution in [2.45, 2.75) is 33.3 Å². The Balaban J connectivity index is 2.06. The van der Waals surface area contributed by atoms with Crippen molar-refractivity contribution in [3.05, 3.63) is 34.9 Å². The molecule has 0 fully saturated rings. The van der Waals surface area contributed by atoms with E-state index in [1.54, 1.807) is 7.11 Å². The number of amides is 3. The van der Waals surface area contributed by atoms with Gasteiger partial charge >= 0.3 is 5.97 Å². The number of carbonyl (C=O) groups excluding carboxylic acids is 4. The second kappa shape index (κ2) is 9.45. The van der Waals surface area contributed by atoms with Gasteiger partial charge in [0, 0.05) is 26.8 Å². The van der Waals surface area contributed by atoms with Gasteiger partial charge in [-0.1, -0.05) is 13.8 Å². The first-order chi connectivity index (χ1) is 13.3. The lowest BCUT2D eigenvalue weighted by Gasteiger charge is -2.14. The minimum Gasteiger partial charge on any atom is -0.449 e. The van der Waals surface area contributed by atoms with Crippen LogP contribution >= 0.6 is 0 Å². The minimum absolute atomic E-state index is 0.113. The van der Waals surface area contributed by atoms with Crippen LogP contribution < -0.4 is 5.32 Å². The Labute approximate surface area is 164 Å². The molecule has 1 aromatic rings. The van der Waals surface area contributed by atoms with E-state index in [4.69, 9.17) is 9.47 Å². The quantitative estimate of drug-likeness (QED) is 0.391. The van der Waals surface area contributed by atoms with Gasteiger partial charge in [-0.05, 0) is 37.5 Å². The second-order valence-corrected chi connectivity index (χ2v) is 7.06. The van der Waals surface area contributed by atoms with Gasteiger partial charge in [0.2, 0.25) is 0 Å². The predicted molar refractivity (Wildman–Crippen MR) is 101 cm³/mol. The van der Waals surface area contributed by atoms with Gasteiger partial charge in [-0.15, -0.1) is 0 Å². The maximum atomic E-state index is 12.5. The van der Waals surface area contributed by atoms with Crippen molar-refractivity contribution in [2.24, 2.45) is 5.92 Å². The fraction of sp³-hybridized carbons (Fsp3) is 0.500. The van der Waals surface area contributed by atoms with Gasteiger partial charge < -0.3 is 14.8 Å². The average molecular weight is 390 g/mol. The summed E-state index contributed by atoms with van der Waals surface area (Å²) in [6.07, 6.45) is -0.442. The van der Waals surface area contributed by atoms with Gasteiger partial charge in [0.15, 0.2) is 6.10 Å². The Morgan fingerprint density at radius 2 is 1.79 bits per heavy atom. The van der Waals surface area contributed by atoms with E-state index in [9.17, 15) is 19.2 Å². The third-order valence-electron chi connectivity index (χ3n) is 4.27. The van der Waals surface area contributed by atoms with Crippen LogP contribution in [0.5, 0.6) is 0 Å². The molecule has 28 heavy (non-hydrogen) atoms. The molecule has 1 aliphatic rings. The normalized spacial score (nSPS) is 14.2. The molecule has 0 unspecified atom stereocenters. The number of hydrogen-bond acceptors (Lipinski definition) is 6. The molecule has 1 heterocycles. The number of esters is 1. The number of nitrogens with one attached hydrogen (secondary N) is 1. The van der Waals surface area contributed by atoms with Crippen LogP contribution in [0.2, 0.25) is 0 Å². The van der Waals surface area contributed by atoms with Crippen molar-refractivity contribution in [1.29, 1.82) is 0 Å². The number of imide groups is 1. The molecule has 0 saturated heterocycles. The fourth-order valence-electron chi connectivity index (χ4n) is 2.72. The van der Waals surface area contributed by atoms with Gasteiger partial charge in [0.1, 0.15) is 0 Å². The number of methoxy groups -OCH3 is 1. The first-order valence-corrected chi connectivity index (χ1v) is 9.24. The Hall–Kier alpha value is -2.74. The number of rotatable bonds is 9. The summed E-state index contributed by atoms with van der Waals surface area (Å²) in [5, 5.41) is 2.69. The largest absolute Gasteiger partial charge is 0.449 e.